The molecule has 0 radical (unpaired) electrons. The molecule has 0 spiro atoms. The number of rotatable bonds is 10. The number of benzene rings is 2. The summed E-state index contributed by atoms with van der Waals surface area (Å²) < 4.78 is 47.6. The Morgan fingerprint density at radius 1 is 1.11 bits per heavy atom. The quantitative estimate of drug-likeness (QED) is 0.325. The second-order valence-electron chi connectivity index (χ2n) is 8.52. The van der Waals surface area contributed by atoms with E-state index in [9.17, 15) is 18.0 Å². The van der Waals surface area contributed by atoms with Gasteiger partial charge in [-0.15, -0.1) is 13.2 Å². The molecule has 3 rings (SSSR count). The molecule has 1 aromatic heterocycles. The minimum Gasteiger partial charge on any atom is -0.496 e. The van der Waals surface area contributed by atoms with E-state index in [0.717, 1.165) is 11.6 Å². The lowest BCUT2D eigenvalue weighted by Crippen LogP contribution is -2.40. The van der Waals surface area contributed by atoms with Crippen LogP contribution in [-0.4, -0.2) is 35.3 Å². The van der Waals surface area contributed by atoms with E-state index in [2.05, 4.69) is 15.0 Å². The molecule has 0 saturated heterocycles. The smallest absolute Gasteiger partial charge is 0.496 e. The number of alkyl halides is 3. The zero-order valence-electron chi connectivity index (χ0n) is 21.1. The van der Waals surface area contributed by atoms with E-state index in [1.54, 1.807) is 29.2 Å². The summed E-state index contributed by atoms with van der Waals surface area (Å²) in [6.07, 6.45) is -1.77. The van der Waals surface area contributed by atoms with E-state index in [4.69, 9.17) is 22.1 Å². The summed E-state index contributed by atoms with van der Waals surface area (Å²) in [4.78, 5) is 19.2. The molecule has 3 aromatic rings. The highest BCUT2D eigenvalue weighted by Crippen LogP contribution is 2.29. The fourth-order valence-corrected chi connectivity index (χ4v) is 3.90. The van der Waals surface area contributed by atoms with Crippen LogP contribution in [0.4, 0.5) is 13.2 Å². The molecule has 0 bridgehead atoms. The van der Waals surface area contributed by atoms with Crippen molar-refractivity contribution in [2.24, 2.45) is 5.73 Å². The Bertz CT molecular complexity index is 1280. The van der Waals surface area contributed by atoms with Crippen LogP contribution in [0.25, 0.3) is 5.70 Å². The highest BCUT2D eigenvalue weighted by molar-refractivity contribution is 6.31. The summed E-state index contributed by atoms with van der Waals surface area (Å²) in [5.41, 5.74) is 8.32. The summed E-state index contributed by atoms with van der Waals surface area (Å²) in [7, 11) is 1.40. The summed E-state index contributed by atoms with van der Waals surface area (Å²) in [5.74, 6) is -0.520. The van der Waals surface area contributed by atoms with Crippen LogP contribution < -0.4 is 20.5 Å². The summed E-state index contributed by atoms with van der Waals surface area (Å²) in [6.45, 7) is 3.93. The Balaban J connectivity index is 1.97. The molecule has 0 unspecified atom stereocenters. The van der Waals surface area contributed by atoms with E-state index in [0.29, 0.717) is 21.9 Å². The Kier molecular flexibility index (Phi) is 9.46. The van der Waals surface area contributed by atoms with Crippen molar-refractivity contribution < 1.29 is 27.4 Å². The Morgan fingerprint density at radius 3 is 2.39 bits per heavy atom. The van der Waals surface area contributed by atoms with E-state index >= 15 is 0 Å². The third kappa shape index (κ3) is 7.55. The predicted molar refractivity (Wildman–Crippen MR) is 139 cm³/mol. The monoisotopic (exact) mass is 548 g/mol. The zero-order chi connectivity index (χ0) is 27.9. The summed E-state index contributed by atoms with van der Waals surface area (Å²) in [6, 6.07) is 14.0. The number of nitrogens with zero attached hydrogens (tertiary/aromatic N) is 2. The number of amides is 1. The van der Waals surface area contributed by atoms with E-state index in [-0.39, 0.29) is 30.5 Å². The molecular weight excluding hydrogens is 521 g/mol. The number of carbonyl (C=O) groups is 1. The molecular formula is C27H28ClF3N4O3. The average molecular weight is 549 g/mol. The molecule has 0 fully saturated rings. The number of methoxy groups -OCH3 is 1. The first-order valence-electron chi connectivity index (χ1n) is 11.6. The molecule has 202 valence electrons. The SMILES string of the molecule is COc1ccc(OC(F)(F)F)cc1CN/C(=C(\N)C(=O)N(Cc1ccccc1Cl)C(C)C)c1ccncc1. The minimum absolute atomic E-state index is 0.0178. The number of nitrogens with two attached hydrogens (primary N) is 1. The van der Waals surface area contributed by atoms with Gasteiger partial charge in [-0.2, -0.15) is 0 Å². The van der Waals surface area contributed by atoms with Gasteiger partial charge in [0.25, 0.3) is 5.91 Å². The average Bonchev–Trinajstić information content (AvgIpc) is 2.87. The topological polar surface area (TPSA) is 89.7 Å². The molecule has 0 aliphatic heterocycles. The van der Waals surface area contributed by atoms with E-state index in [1.165, 1.54) is 31.6 Å². The largest absolute Gasteiger partial charge is 0.573 e. The molecule has 0 aliphatic rings. The highest BCUT2D eigenvalue weighted by atomic mass is 35.5. The fourth-order valence-electron chi connectivity index (χ4n) is 3.71. The highest BCUT2D eigenvalue weighted by Gasteiger charge is 2.31. The fraction of sp³-hybridized carbons (Fsp3) is 0.259. The zero-order valence-corrected chi connectivity index (χ0v) is 21.8. The molecule has 0 atom stereocenters. The van der Waals surface area contributed by atoms with Gasteiger partial charge in [-0.25, -0.2) is 0 Å². The molecule has 1 heterocycles. The van der Waals surface area contributed by atoms with Gasteiger partial charge in [0, 0.05) is 47.7 Å². The number of pyridine rings is 1. The van der Waals surface area contributed by atoms with Crippen LogP contribution in [0.5, 0.6) is 11.5 Å². The van der Waals surface area contributed by atoms with Crippen LogP contribution in [0.3, 0.4) is 0 Å². The van der Waals surface area contributed by atoms with Crippen molar-refractivity contribution >= 4 is 23.2 Å². The predicted octanol–water partition coefficient (Wildman–Crippen LogP) is 5.50. The first kappa shape index (κ1) is 28.6. The van der Waals surface area contributed by atoms with Crippen molar-refractivity contribution in [2.75, 3.05) is 7.11 Å². The number of aromatic nitrogens is 1. The molecule has 0 aliphatic carbocycles. The number of ether oxygens (including phenoxy) is 2. The maximum absolute atomic E-state index is 13.6. The number of hydrogen-bond donors (Lipinski definition) is 2. The van der Waals surface area contributed by atoms with Gasteiger partial charge in [0.05, 0.1) is 12.8 Å². The summed E-state index contributed by atoms with van der Waals surface area (Å²) in [5, 5.41) is 3.63. The number of halogens is 4. The van der Waals surface area contributed by atoms with Crippen molar-refractivity contribution in [3.8, 4) is 11.5 Å². The lowest BCUT2D eigenvalue weighted by Gasteiger charge is -2.28. The minimum atomic E-state index is -4.85. The first-order chi connectivity index (χ1) is 18.0. The van der Waals surface area contributed by atoms with Crippen LogP contribution in [0, 0.1) is 0 Å². The van der Waals surface area contributed by atoms with Crippen molar-refractivity contribution in [2.45, 2.75) is 39.3 Å². The van der Waals surface area contributed by atoms with Crippen LogP contribution in [0.2, 0.25) is 5.02 Å². The van der Waals surface area contributed by atoms with Crippen molar-refractivity contribution in [1.29, 1.82) is 0 Å². The molecule has 7 nitrogen and oxygen atoms in total. The normalized spacial score (nSPS) is 12.1. The molecule has 3 N–H and O–H groups in total. The maximum Gasteiger partial charge on any atom is 0.573 e. The van der Waals surface area contributed by atoms with Crippen molar-refractivity contribution in [3.63, 3.8) is 0 Å². The van der Waals surface area contributed by atoms with Gasteiger partial charge < -0.3 is 25.4 Å². The van der Waals surface area contributed by atoms with Crippen LogP contribution in [0.1, 0.15) is 30.5 Å². The molecule has 38 heavy (non-hydrogen) atoms. The lowest BCUT2D eigenvalue weighted by atomic mass is 10.1. The Morgan fingerprint density at radius 2 is 1.79 bits per heavy atom. The molecule has 2 aromatic carbocycles. The summed E-state index contributed by atoms with van der Waals surface area (Å²) >= 11 is 6.32. The number of carbonyl (C=O) groups excluding carboxylic acids is 1. The van der Waals surface area contributed by atoms with Gasteiger partial charge in [-0.05, 0) is 55.8 Å². The Hall–Kier alpha value is -3.92. The van der Waals surface area contributed by atoms with E-state index < -0.39 is 18.0 Å². The third-order valence-corrected chi connectivity index (χ3v) is 5.96. The second kappa shape index (κ2) is 12.6. The number of nitrogens with one attached hydrogen (secondary N) is 1. The number of hydrogen-bond acceptors (Lipinski definition) is 6. The third-order valence-electron chi connectivity index (χ3n) is 5.59. The lowest BCUT2D eigenvalue weighted by molar-refractivity contribution is -0.274. The Labute approximate surface area is 224 Å². The molecule has 0 saturated carbocycles. The molecule has 11 heteroatoms. The first-order valence-corrected chi connectivity index (χ1v) is 12.0. The van der Waals surface area contributed by atoms with Gasteiger partial charge in [0.15, 0.2) is 0 Å². The van der Waals surface area contributed by atoms with Crippen LogP contribution in [-0.2, 0) is 17.9 Å². The van der Waals surface area contributed by atoms with Crippen molar-refractivity contribution in [3.05, 3.63) is 94.4 Å². The van der Waals surface area contributed by atoms with E-state index in [1.807, 2.05) is 26.0 Å². The van der Waals surface area contributed by atoms with Gasteiger partial charge >= 0.3 is 6.36 Å². The van der Waals surface area contributed by atoms with Gasteiger partial charge in [0.2, 0.25) is 0 Å². The van der Waals surface area contributed by atoms with Gasteiger partial charge in [-0.3, -0.25) is 9.78 Å². The van der Waals surface area contributed by atoms with Crippen LogP contribution >= 0.6 is 11.6 Å². The second-order valence-corrected chi connectivity index (χ2v) is 8.92. The molecule has 1 amide bonds. The standard InChI is InChI=1S/C27H28ClF3N4O3/c1-17(2)35(16-19-6-4-5-7-22(19)28)26(36)24(32)25(18-10-12-33-13-11-18)34-15-20-14-21(38-27(29,30)31)8-9-23(20)37-3/h4-14,17,34H,15-16,32H2,1-3H3/b25-24-. The maximum atomic E-state index is 13.6. The van der Waals surface area contributed by atoms with Gasteiger partial charge in [0.1, 0.15) is 17.2 Å². The van der Waals surface area contributed by atoms with Gasteiger partial charge in [-0.1, -0.05) is 29.8 Å². The van der Waals surface area contributed by atoms with Crippen LogP contribution in [0.15, 0.2) is 72.7 Å². The van der Waals surface area contributed by atoms with Crippen molar-refractivity contribution in [1.82, 2.24) is 15.2 Å².